The Kier molecular flexibility index (Phi) is 3.07. The molecule has 1 saturated heterocycles. The predicted molar refractivity (Wildman–Crippen MR) is 49.5 cm³/mol. The highest BCUT2D eigenvalue weighted by Gasteiger charge is 2.45. The van der Waals surface area contributed by atoms with Gasteiger partial charge in [0, 0.05) is 0 Å². The van der Waals surface area contributed by atoms with E-state index in [2.05, 4.69) is 14.7 Å². The highest BCUT2D eigenvalue weighted by molar-refractivity contribution is 5.87. The molecule has 1 aromatic heterocycles. The first-order valence-electron chi connectivity index (χ1n) is 4.80. The molecule has 2 rings (SSSR count). The number of aromatic nitrogens is 2. The van der Waals surface area contributed by atoms with Crippen LogP contribution in [0.5, 0.6) is 0 Å². The van der Waals surface area contributed by atoms with Crippen molar-refractivity contribution in [2.75, 3.05) is 6.61 Å². The summed E-state index contributed by atoms with van der Waals surface area (Å²) in [6.45, 7) is -0.463. The minimum Gasteiger partial charge on any atom is -0.394 e. The Labute approximate surface area is 94.8 Å². The molecule has 9 nitrogen and oxygen atoms in total. The van der Waals surface area contributed by atoms with Gasteiger partial charge < -0.3 is 30.3 Å². The van der Waals surface area contributed by atoms with Crippen LogP contribution in [0.3, 0.4) is 0 Å². The molecule has 4 unspecified atom stereocenters. The van der Waals surface area contributed by atoms with Crippen molar-refractivity contribution in [2.24, 2.45) is 5.73 Å². The van der Waals surface area contributed by atoms with Gasteiger partial charge in [-0.15, -0.1) is 0 Å². The molecule has 9 heteroatoms. The Morgan fingerprint density at radius 2 is 2.12 bits per heavy atom. The van der Waals surface area contributed by atoms with Crippen molar-refractivity contribution in [3.8, 4) is 0 Å². The van der Waals surface area contributed by atoms with Crippen LogP contribution in [-0.4, -0.2) is 56.3 Å². The zero-order valence-electron chi connectivity index (χ0n) is 8.55. The number of aliphatic hydroxyl groups is 3. The van der Waals surface area contributed by atoms with Crippen molar-refractivity contribution in [3.05, 3.63) is 11.7 Å². The van der Waals surface area contributed by atoms with E-state index in [0.717, 1.165) is 0 Å². The Balaban J connectivity index is 2.19. The van der Waals surface area contributed by atoms with Gasteiger partial charge in [0.1, 0.15) is 24.4 Å². The molecule has 0 spiro atoms. The summed E-state index contributed by atoms with van der Waals surface area (Å²) in [5.41, 5.74) is 4.91. The monoisotopic (exact) mass is 245 g/mol. The fourth-order valence-electron chi connectivity index (χ4n) is 1.56. The molecule has 17 heavy (non-hydrogen) atoms. The van der Waals surface area contributed by atoms with Crippen LogP contribution in [-0.2, 0) is 4.74 Å². The average molecular weight is 245 g/mol. The SMILES string of the molecule is NC(=O)c1nc(C2OC(CO)C(O)C2O)no1. The van der Waals surface area contributed by atoms with Crippen LogP contribution in [0.25, 0.3) is 0 Å². The average Bonchev–Trinajstić information content (AvgIpc) is 2.87. The summed E-state index contributed by atoms with van der Waals surface area (Å²) in [6, 6.07) is 0. The van der Waals surface area contributed by atoms with E-state index in [0.29, 0.717) is 0 Å². The number of primary amides is 1. The lowest BCUT2D eigenvalue weighted by Crippen LogP contribution is -2.32. The lowest BCUT2D eigenvalue weighted by Gasteiger charge is -2.10. The number of aliphatic hydroxyl groups excluding tert-OH is 3. The van der Waals surface area contributed by atoms with Crippen molar-refractivity contribution in [1.82, 2.24) is 10.1 Å². The summed E-state index contributed by atoms with van der Waals surface area (Å²) in [4.78, 5) is 14.3. The number of nitrogens with two attached hydrogens (primary N) is 1. The molecule has 2 heterocycles. The molecule has 0 aromatic carbocycles. The van der Waals surface area contributed by atoms with Crippen molar-refractivity contribution in [2.45, 2.75) is 24.4 Å². The van der Waals surface area contributed by atoms with Gasteiger partial charge in [0.25, 0.3) is 0 Å². The van der Waals surface area contributed by atoms with Gasteiger partial charge in [0.05, 0.1) is 6.61 Å². The second kappa shape index (κ2) is 4.37. The third-order valence-electron chi connectivity index (χ3n) is 2.45. The van der Waals surface area contributed by atoms with Crippen LogP contribution in [0, 0.1) is 0 Å². The number of carbonyl (C=O) groups excluding carboxylic acids is 1. The van der Waals surface area contributed by atoms with Crippen LogP contribution in [0.2, 0.25) is 0 Å². The van der Waals surface area contributed by atoms with Crippen molar-refractivity contribution >= 4 is 5.91 Å². The summed E-state index contributed by atoms with van der Waals surface area (Å²) >= 11 is 0. The summed E-state index contributed by atoms with van der Waals surface area (Å²) < 4.78 is 9.65. The lowest BCUT2D eigenvalue weighted by molar-refractivity contribution is -0.0258. The van der Waals surface area contributed by atoms with Crippen molar-refractivity contribution < 1.29 is 29.4 Å². The van der Waals surface area contributed by atoms with E-state index >= 15 is 0 Å². The van der Waals surface area contributed by atoms with Crippen LogP contribution in [0.4, 0.5) is 0 Å². The van der Waals surface area contributed by atoms with Crippen molar-refractivity contribution in [1.29, 1.82) is 0 Å². The fraction of sp³-hybridized carbons (Fsp3) is 0.625. The summed E-state index contributed by atoms with van der Waals surface area (Å²) in [7, 11) is 0. The number of rotatable bonds is 3. The van der Waals surface area contributed by atoms with E-state index in [1.165, 1.54) is 0 Å². The maximum atomic E-state index is 10.7. The van der Waals surface area contributed by atoms with E-state index in [1.807, 2.05) is 0 Å². The van der Waals surface area contributed by atoms with E-state index in [1.54, 1.807) is 0 Å². The number of hydrogen-bond donors (Lipinski definition) is 4. The molecule has 94 valence electrons. The van der Waals surface area contributed by atoms with Crippen molar-refractivity contribution in [3.63, 3.8) is 0 Å². The Hall–Kier alpha value is -1.55. The third kappa shape index (κ3) is 2.00. The van der Waals surface area contributed by atoms with E-state index < -0.39 is 42.8 Å². The second-order valence-electron chi connectivity index (χ2n) is 3.58. The lowest BCUT2D eigenvalue weighted by atomic mass is 10.1. The first kappa shape index (κ1) is 11.9. The van der Waals surface area contributed by atoms with E-state index in [4.69, 9.17) is 15.6 Å². The minimum atomic E-state index is -1.31. The summed E-state index contributed by atoms with van der Waals surface area (Å²) in [5.74, 6) is -1.44. The molecule has 1 fully saturated rings. The zero-order valence-corrected chi connectivity index (χ0v) is 8.55. The van der Waals surface area contributed by atoms with Gasteiger partial charge in [-0.05, 0) is 0 Å². The van der Waals surface area contributed by atoms with Crippen LogP contribution in [0.15, 0.2) is 4.52 Å². The molecule has 0 saturated carbocycles. The van der Waals surface area contributed by atoms with Gasteiger partial charge in [-0.3, -0.25) is 4.79 Å². The predicted octanol–water partition coefficient (Wildman–Crippen LogP) is -2.68. The number of ether oxygens (including phenoxy) is 1. The van der Waals surface area contributed by atoms with Gasteiger partial charge in [-0.2, -0.15) is 4.98 Å². The quantitative estimate of drug-likeness (QED) is 0.449. The number of hydrogen-bond acceptors (Lipinski definition) is 8. The topological polar surface area (TPSA) is 152 Å². The summed E-state index contributed by atoms with van der Waals surface area (Å²) in [5, 5.41) is 31.4. The number of amides is 1. The first-order chi connectivity index (χ1) is 8.04. The molecule has 1 amide bonds. The molecule has 0 radical (unpaired) electrons. The van der Waals surface area contributed by atoms with Gasteiger partial charge in [0.15, 0.2) is 0 Å². The molecule has 0 bridgehead atoms. The number of nitrogens with zero attached hydrogens (tertiary/aromatic N) is 2. The fourth-order valence-corrected chi connectivity index (χ4v) is 1.56. The Morgan fingerprint density at radius 1 is 1.41 bits per heavy atom. The molecule has 1 aliphatic heterocycles. The molecule has 5 N–H and O–H groups in total. The third-order valence-corrected chi connectivity index (χ3v) is 2.45. The zero-order chi connectivity index (χ0) is 12.6. The van der Waals surface area contributed by atoms with Gasteiger partial charge in [0.2, 0.25) is 5.82 Å². The standard InChI is InChI=1S/C8H11N3O6/c9-6(15)8-10-7(11-17-8)5-4(14)3(13)2(1-12)16-5/h2-5,12-14H,1H2,(H2,9,15). The Morgan fingerprint density at radius 3 is 2.59 bits per heavy atom. The normalized spacial score (nSPS) is 32.9. The highest BCUT2D eigenvalue weighted by Crippen LogP contribution is 2.31. The minimum absolute atomic E-state index is 0.110. The van der Waals surface area contributed by atoms with Crippen LogP contribution in [0.1, 0.15) is 22.6 Å². The van der Waals surface area contributed by atoms with E-state index in [9.17, 15) is 15.0 Å². The first-order valence-corrected chi connectivity index (χ1v) is 4.80. The van der Waals surface area contributed by atoms with Crippen LogP contribution < -0.4 is 5.73 Å². The largest absolute Gasteiger partial charge is 0.394 e. The van der Waals surface area contributed by atoms with Gasteiger partial charge >= 0.3 is 11.8 Å². The molecule has 1 aliphatic rings. The summed E-state index contributed by atoms with van der Waals surface area (Å²) in [6.07, 6.45) is -4.59. The maximum Gasteiger partial charge on any atom is 0.315 e. The van der Waals surface area contributed by atoms with E-state index in [-0.39, 0.29) is 5.82 Å². The molecular formula is C8H11N3O6. The van der Waals surface area contributed by atoms with Gasteiger partial charge in [-0.1, -0.05) is 5.16 Å². The molecule has 1 aromatic rings. The highest BCUT2D eigenvalue weighted by atomic mass is 16.6. The molecule has 0 aliphatic carbocycles. The molecule has 4 atom stereocenters. The van der Waals surface area contributed by atoms with Crippen LogP contribution >= 0.6 is 0 Å². The maximum absolute atomic E-state index is 10.7. The smallest absolute Gasteiger partial charge is 0.315 e. The second-order valence-corrected chi connectivity index (χ2v) is 3.58. The number of carbonyl (C=O) groups is 1. The molecular weight excluding hydrogens is 234 g/mol. The Bertz CT molecular complexity index is 421. The van der Waals surface area contributed by atoms with Gasteiger partial charge in [-0.25, -0.2) is 0 Å².